The van der Waals surface area contributed by atoms with Crippen molar-refractivity contribution in [2.75, 3.05) is 6.54 Å². The fourth-order valence-corrected chi connectivity index (χ4v) is 0.800. The molecule has 0 bridgehead atoms. The molecule has 1 aromatic rings. The number of pyridine rings is 1. The first kappa shape index (κ1) is 8.14. The summed E-state index contributed by atoms with van der Waals surface area (Å²) in [7, 11) is 0. The molecule has 1 heterocycles. The quantitative estimate of drug-likeness (QED) is 0.697. The average Bonchev–Trinajstić information content (AvgIpc) is 2.05. The third kappa shape index (κ3) is 1.98. The molecule has 0 spiro atoms. The maximum Gasteiger partial charge on any atom is 0.141 e. The van der Waals surface area contributed by atoms with E-state index in [2.05, 4.69) is 4.98 Å². The maximum atomic E-state index is 12.4. The van der Waals surface area contributed by atoms with Gasteiger partial charge in [0.1, 0.15) is 5.82 Å². The van der Waals surface area contributed by atoms with Gasteiger partial charge in [0.2, 0.25) is 0 Å². The molecule has 2 nitrogen and oxygen atoms in total. The largest absolute Gasteiger partial charge is 0.330 e. The molecule has 0 aliphatic carbocycles. The van der Waals surface area contributed by atoms with E-state index in [-0.39, 0.29) is 11.7 Å². The summed E-state index contributed by atoms with van der Waals surface area (Å²) in [5.41, 5.74) is 6.25. The summed E-state index contributed by atoms with van der Waals surface area (Å²) in [5, 5.41) is 0. The number of hydrogen-bond acceptors (Lipinski definition) is 2. The van der Waals surface area contributed by atoms with Crippen molar-refractivity contribution in [3.05, 3.63) is 29.8 Å². The van der Waals surface area contributed by atoms with Gasteiger partial charge in [-0.25, -0.2) is 4.39 Å². The third-order valence-electron chi connectivity index (χ3n) is 1.61. The van der Waals surface area contributed by atoms with Crippen molar-refractivity contribution in [1.82, 2.24) is 4.98 Å². The predicted molar refractivity (Wildman–Crippen MR) is 41.7 cm³/mol. The SMILES string of the molecule is C[C@@H](CN)c1ccc(F)cn1. The lowest BCUT2D eigenvalue weighted by atomic mass is 10.1. The zero-order valence-electron chi connectivity index (χ0n) is 6.42. The van der Waals surface area contributed by atoms with Crippen LogP contribution in [0, 0.1) is 5.82 Å². The number of rotatable bonds is 2. The van der Waals surface area contributed by atoms with Gasteiger partial charge in [-0.3, -0.25) is 4.98 Å². The zero-order valence-corrected chi connectivity index (χ0v) is 6.42. The van der Waals surface area contributed by atoms with Crippen LogP contribution >= 0.6 is 0 Å². The summed E-state index contributed by atoms with van der Waals surface area (Å²) in [4.78, 5) is 3.89. The monoisotopic (exact) mass is 154 g/mol. The van der Waals surface area contributed by atoms with E-state index in [1.165, 1.54) is 12.3 Å². The van der Waals surface area contributed by atoms with E-state index >= 15 is 0 Å². The second kappa shape index (κ2) is 3.44. The minimum Gasteiger partial charge on any atom is -0.330 e. The summed E-state index contributed by atoms with van der Waals surface area (Å²) in [6, 6.07) is 3.06. The van der Waals surface area contributed by atoms with E-state index < -0.39 is 0 Å². The first-order chi connectivity index (χ1) is 5.24. The van der Waals surface area contributed by atoms with E-state index in [1.807, 2.05) is 6.92 Å². The summed E-state index contributed by atoms with van der Waals surface area (Å²) in [6.45, 7) is 2.50. The Kier molecular flexibility index (Phi) is 2.54. The Balaban J connectivity index is 2.81. The van der Waals surface area contributed by atoms with Crippen LogP contribution in [0.5, 0.6) is 0 Å². The average molecular weight is 154 g/mol. The van der Waals surface area contributed by atoms with E-state index in [0.717, 1.165) is 5.69 Å². The van der Waals surface area contributed by atoms with Crippen molar-refractivity contribution in [3.63, 3.8) is 0 Å². The lowest BCUT2D eigenvalue weighted by Crippen LogP contribution is -2.10. The first-order valence-corrected chi connectivity index (χ1v) is 3.55. The molecule has 0 fully saturated rings. The summed E-state index contributed by atoms with van der Waals surface area (Å²) < 4.78 is 12.4. The summed E-state index contributed by atoms with van der Waals surface area (Å²) in [5.74, 6) is -0.103. The Morgan fingerprint density at radius 1 is 1.64 bits per heavy atom. The lowest BCUT2D eigenvalue weighted by Gasteiger charge is -2.05. The van der Waals surface area contributed by atoms with Crippen molar-refractivity contribution in [1.29, 1.82) is 0 Å². The van der Waals surface area contributed by atoms with Crippen molar-refractivity contribution >= 4 is 0 Å². The van der Waals surface area contributed by atoms with Gasteiger partial charge in [-0.15, -0.1) is 0 Å². The predicted octanol–water partition coefficient (Wildman–Crippen LogP) is 1.28. The molecule has 0 saturated carbocycles. The van der Waals surface area contributed by atoms with Gasteiger partial charge in [0.05, 0.1) is 6.20 Å². The maximum absolute atomic E-state index is 12.4. The molecule has 1 atom stereocenters. The molecule has 0 aliphatic rings. The molecular weight excluding hydrogens is 143 g/mol. The molecule has 0 unspecified atom stereocenters. The van der Waals surface area contributed by atoms with Crippen molar-refractivity contribution in [2.45, 2.75) is 12.8 Å². The molecular formula is C8H11FN2. The number of nitrogens with two attached hydrogens (primary N) is 1. The van der Waals surface area contributed by atoms with Crippen LogP contribution in [-0.4, -0.2) is 11.5 Å². The van der Waals surface area contributed by atoms with Gasteiger partial charge < -0.3 is 5.73 Å². The number of nitrogens with zero attached hydrogens (tertiary/aromatic N) is 1. The zero-order chi connectivity index (χ0) is 8.27. The van der Waals surface area contributed by atoms with Gasteiger partial charge >= 0.3 is 0 Å². The molecule has 0 radical (unpaired) electrons. The van der Waals surface area contributed by atoms with E-state index in [9.17, 15) is 4.39 Å². The molecule has 1 rings (SSSR count). The first-order valence-electron chi connectivity index (χ1n) is 3.55. The Bertz CT molecular complexity index is 220. The Labute approximate surface area is 65.3 Å². The van der Waals surface area contributed by atoms with E-state index in [4.69, 9.17) is 5.73 Å². The van der Waals surface area contributed by atoms with Crippen molar-refractivity contribution < 1.29 is 4.39 Å². The molecule has 0 amide bonds. The van der Waals surface area contributed by atoms with E-state index in [1.54, 1.807) is 6.07 Å². The van der Waals surface area contributed by atoms with Gasteiger partial charge in [0, 0.05) is 18.2 Å². The molecule has 1 aromatic heterocycles. The molecule has 3 heteroatoms. The number of hydrogen-bond donors (Lipinski definition) is 1. The van der Waals surface area contributed by atoms with Crippen molar-refractivity contribution in [2.24, 2.45) is 5.73 Å². The minimum absolute atomic E-state index is 0.204. The van der Waals surface area contributed by atoms with Crippen molar-refractivity contribution in [3.8, 4) is 0 Å². The van der Waals surface area contributed by atoms with E-state index in [0.29, 0.717) is 6.54 Å². The van der Waals surface area contributed by atoms with Gasteiger partial charge in [-0.1, -0.05) is 6.92 Å². The fraction of sp³-hybridized carbons (Fsp3) is 0.375. The molecule has 11 heavy (non-hydrogen) atoms. The second-order valence-electron chi connectivity index (χ2n) is 2.54. The van der Waals surface area contributed by atoms with Crippen LogP contribution in [0.1, 0.15) is 18.5 Å². The van der Waals surface area contributed by atoms with Gasteiger partial charge in [-0.05, 0) is 12.1 Å². The molecule has 60 valence electrons. The lowest BCUT2D eigenvalue weighted by molar-refractivity contribution is 0.615. The third-order valence-corrected chi connectivity index (χ3v) is 1.61. The topological polar surface area (TPSA) is 38.9 Å². The highest BCUT2D eigenvalue weighted by Gasteiger charge is 2.03. The van der Waals surface area contributed by atoms with Crippen LogP contribution in [0.25, 0.3) is 0 Å². The van der Waals surface area contributed by atoms with Gasteiger partial charge in [0.25, 0.3) is 0 Å². The Morgan fingerprint density at radius 2 is 2.36 bits per heavy atom. The van der Waals surface area contributed by atoms with Gasteiger partial charge in [-0.2, -0.15) is 0 Å². The summed E-state index contributed by atoms with van der Waals surface area (Å²) in [6.07, 6.45) is 1.21. The molecule has 0 aromatic carbocycles. The highest BCUT2D eigenvalue weighted by Crippen LogP contribution is 2.09. The second-order valence-corrected chi connectivity index (χ2v) is 2.54. The fourth-order valence-electron chi connectivity index (χ4n) is 0.800. The number of halogens is 1. The van der Waals surface area contributed by atoms with Crippen LogP contribution < -0.4 is 5.73 Å². The van der Waals surface area contributed by atoms with Gasteiger partial charge in [0.15, 0.2) is 0 Å². The van der Waals surface area contributed by atoms with Crippen LogP contribution in [0.3, 0.4) is 0 Å². The molecule has 2 N–H and O–H groups in total. The highest BCUT2D eigenvalue weighted by molar-refractivity contribution is 5.09. The normalized spacial score (nSPS) is 13.0. The Morgan fingerprint density at radius 3 is 2.82 bits per heavy atom. The number of aromatic nitrogens is 1. The van der Waals surface area contributed by atoms with Crippen LogP contribution in [0.2, 0.25) is 0 Å². The standard InChI is InChI=1S/C8H11FN2/c1-6(4-10)8-3-2-7(9)5-11-8/h2-3,5-6H,4,10H2,1H3/t6-/m0/s1. The van der Waals surface area contributed by atoms with Crippen LogP contribution in [0.15, 0.2) is 18.3 Å². The smallest absolute Gasteiger partial charge is 0.141 e. The van der Waals surface area contributed by atoms with Crippen LogP contribution in [0.4, 0.5) is 4.39 Å². The molecule has 0 aliphatic heterocycles. The Hall–Kier alpha value is -0.960. The summed E-state index contributed by atoms with van der Waals surface area (Å²) >= 11 is 0. The molecule has 0 saturated heterocycles. The highest BCUT2D eigenvalue weighted by atomic mass is 19.1. The van der Waals surface area contributed by atoms with Crippen LogP contribution in [-0.2, 0) is 0 Å². The minimum atomic E-state index is -0.307.